The van der Waals surface area contributed by atoms with Crippen LogP contribution in [-0.4, -0.2) is 39.1 Å². The lowest BCUT2D eigenvalue weighted by Crippen LogP contribution is -2.37. The molecular weight excluding hydrogens is 408 g/mol. The Hall–Kier alpha value is -3.31. The van der Waals surface area contributed by atoms with E-state index in [9.17, 15) is 15.2 Å². The minimum absolute atomic E-state index is 0.0312. The van der Waals surface area contributed by atoms with Crippen molar-refractivity contribution < 1.29 is 19.4 Å². The number of hydrogen-bond donors (Lipinski definition) is 2. The number of benzene rings is 1. The van der Waals surface area contributed by atoms with Gasteiger partial charge in [-0.2, -0.15) is 10.4 Å². The predicted molar refractivity (Wildman–Crippen MR) is 119 cm³/mol. The van der Waals surface area contributed by atoms with Crippen molar-refractivity contribution in [2.45, 2.75) is 58.1 Å². The number of carboxylic acid groups (broad SMARTS) is 1. The lowest BCUT2D eigenvalue weighted by molar-refractivity contribution is -0.149. The molecular formula is C24H28N4O4. The number of aromatic amines is 1. The normalized spacial score (nSPS) is 18.8. The Morgan fingerprint density at radius 3 is 3.00 bits per heavy atom. The smallest absolute Gasteiger partial charge is 0.306 e. The van der Waals surface area contributed by atoms with Gasteiger partial charge in [0.2, 0.25) is 0 Å². The van der Waals surface area contributed by atoms with Gasteiger partial charge in [0.15, 0.2) is 0 Å². The van der Waals surface area contributed by atoms with Crippen molar-refractivity contribution >= 4 is 16.9 Å². The Morgan fingerprint density at radius 1 is 1.53 bits per heavy atom. The van der Waals surface area contributed by atoms with E-state index in [1.165, 1.54) is 0 Å². The van der Waals surface area contributed by atoms with Gasteiger partial charge in [0, 0.05) is 23.3 Å². The molecule has 168 valence electrons. The second kappa shape index (κ2) is 8.67. The topological polar surface area (TPSA) is 113 Å². The highest BCUT2D eigenvalue weighted by atomic mass is 16.5. The number of fused-ring (bicyclic) bond motifs is 3. The molecule has 0 saturated carbocycles. The summed E-state index contributed by atoms with van der Waals surface area (Å²) in [4.78, 5) is 15.1. The highest BCUT2D eigenvalue weighted by Crippen LogP contribution is 2.45. The number of aryl methyl sites for hydroxylation is 1. The number of aromatic nitrogens is 3. The number of H-pyrrole nitrogens is 1. The second-order valence-electron chi connectivity index (χ2n) is 8.45. The van der Waals surface area contributed by atoms with Crippen LogP contribution in [0.2, 0.25) is 0 Å². The summed E-state index contributed by atoms with van der Waals surface area (Å²) in [7, 11) is 0. The van der Waals surface area contributed by atoms with E-state index in [2.05, 4.69) is 16.2 Å². The first-order valence-electron chi connectivity index (χ1n) is 11.0. The fraction of sp³-hybridized carbons (Fsp3) is 0.458. The number of carboxylic acids is 1. The average molecular weight is 437 g/mol. The quantitative estimate of drug-likeness (QED) is 0.546. The van der Waals surface area contributed by atoms with Gasteiger partial charge in [-0.25, -0.2) is 0 Å². The molecule has 2 aromatic heterocycles. The maximum absolute atomic E-state index is 11.7. The third-order valence-corrected chi connectivity index (χ3v) is 6.25. The van der Waals surface area contributed by atoms with Crippen LogP contribution in [-0.2, 0) is 21.6 Å². The van der Waals surface area contributed by atoms with Crippen LogP contribution in [0, 0.1) is 18.3 Å². The molecule has 0 saturated heterocycles. The molecule has 3 heterocycles. The first-order chi connectivity index (χ1) is 15.4. The summed E-state index contributed by atoms with van der Waals surface area (Å²) in [6, 6.07) is 6.00. The molecule has 0 spiro atoms. The molecule has 2 atom stereocenters. The number of nitriles is 1. The molecule has 8 heteroatoms. The number of hydrogen-bond acceptors (Lipinski definition) is 5. The van der Waals surface area contributed by atoms with Crippen molar-refractivity contribution in [3.63, 3.8) is 0 Å². The van der Waals surface area contributed by atoms with Crippen molar-refractivity contribution in [2.75, 3.05) is 13.2 Å². The zero-order valence-electron chi connectivity index (χ0n) is 18.6. The van der Waals surface area contributed by atoms with E-state index in [0.29, 0.717) is 37.4 Å². The minimum atomic E-state index is -0.915. The second-order valence-corrected chi connectivity index (χ2v) is 8.45. The molecule has 2 N–H and O–H groups in total. The van der Waals surface area contributed by atoms with E-state index in [0.717, 1.165) is 34.1 Å². The fourth-order valence-corrected chi connectivity index (χ4v) is 4.75. The molecule has 0 amide bonds. The van der Waals surface area contributed by atoms with Crippen LogP contribution in [0.4, 0.5) is 0 Å². The number of nitrogens with one attached hydrogen (secondary N) is 1. The molecule has 3 aromatic rings. The highest BCUT2D eigenvalue weighted by Gasteiger charge is 2.42. The monoisotopic (exact) mass is 436 g/mol. The summed E-state index contributed by atoms with van der Waals surface area (Å²) in [6.07, 6.45) is 5.50. The summed E-state index contributed by atoms with van der Waals surface area (Å²) in [5.74, 6) is -0.272. The van der Waals surface area contributed by atoms with E-state index >= 15 is 0 Å². The molecule has 0 unspecified atom stereocenters. The molecule has 0 radical (unpaired) electrons. The molecule has 0 aliphatic carbocycles. The van der Waals surface area contributed by atoms with Crippen LogP contribution in [0.5, 0.6) is 5.75 Å². The molecule has 8 nitrogen and oxygen atoms in total. The highest BCUT2D eigenvalue weighted by molar-refractivity contribution is 5.94. The van der Waals surface area contributed by atoms with E-state index in [1.54, 1.807) is 12.3 Å². The van der Waals surface area contributed by atoms with Crippen LogP contribution in [0.25, 0.3) is 10.9 Å². The van der Waals surface area contributed by atoms with Crippen LogP contribution >= 0.6 is 0 Å². The van der Waals surface area contributed by atoms with Crippen molar-refractivity contribution in [2.24, 2.45) is 0 Å². The molecule has 1 aromatic carbocycles. The van der Waals surface area contributed by atoms with Crippen molar-refractivity contribution in [3.8, 4) is 11.8 Å². The molecule has 1 aliphatic rings. The first-order valence-corrected chi connectivity index (χ1v) is 11.0. The Bertz CT molecular complexity index is 1180. The van der Waals surface area contributed by atoms with E-state index in [4.69, 9.17) is 9.47 Å². The van der Waals surface area contributed by atoms with Gasteiger partial charge >= 0.3 is 5.97 Å². The van der Waals surface area contributed by atoms with Gasteiger partial charge < -0.3 is 19.6 Å². The van der Waals surface area contributed by atoms with Crippen molar-refractivity contribution in [3.05, 3.63) is 46.9 Å². The summed E-state index contributed by atoms with van der Waals surface area (Å²) >= 11 is 0. The predicted octanol–water partition coefficient (Wildman–Crippen LogP) is 4.23. The van der Waals surface area contributed by atoms with Gasteiger partial charge in [-0.1, -0.05) is 13.3 Å². The number of ether oxygens (including phenoxy) is 2. The zero-order chi connectivity index (χ0) is 22.9. The first kappa shape index (κ1) is 21.9. The Kier molecular flexibility index (Phi) is 5.94. The van der Waals surface area contributed by atoms with Gasteiger partial charge in [-0.05, 0) is 44.4 Å². The number of aliphatic carboxylic acids is 1. The lowest BCUT2D eigenvalue weighted by atomic mass is 9.84. The van der Waals surface area contributed by atoms with Gasteiger partial charge in [-0.15, -0.1) is 0 Å². The summed E-state index contributed by atoms with van der Waals surface area (Å²) < 4.78 is 14.0. The number of carbonyl (C=O) groups is 1. The number of rotatable bonds is 8. The van der Waals surface area contributed by atoms with Gasteiger partial charge in [0.1, 0.15) is 18.0 Å². The van der Waals surface area contributed by atoms with E-state index in [1.807, 2.05) is 37.7 Å². The summed E-state index contributed by atoms with van der Waals surface area (Å²) in [5, 5.41) is 24.6. The van der Waals surface area contributed by atoms with Crippen molar-refractivity contribution in [1.29, 1.82) is 5.26 Å². The van der Waals surface area contributed by atoms with Crippen LogP contribution < -0.4 is 4.74 Å². The Labute approximate surface area is 186 Å². The van der Waals surface area contributed by atoms with Gasteiger partial charge in [-0.3, -0.25) is 9.48 Å². The molecule has 0 fully saturated rings. The largest absolute Gasteiger partial charge is 0.491 e. The molecule has 0 bridgehead atoms. The summed E-state index contributed by atoms with van der Waals surface area (Å²) in [5.41, 5.74) is 3.07. The van der Waals surface area contributed by atoms with Gasteiger partial charge in [0.25, 0.3) is 0 Å². The molecule has 4 rings (SSSR count). The zero-order valence-corrected chi connectivity index (χ0v) is 18.6. The third kappa shape index (κ3) is 3.73. The van der Waals surface area contributed by atoms with Crippen molar-refractivity contribution in [1.82, 2.24) is 14.8 Å². The van der Waals surface area contributed by atoms with Crippen LogP contribution in [0.1, 0.15) is 61.5 Å². The third-order valence-electron chi connectivity index (χ3n) is 6.25. The van der Waals surface area contributed by atoms with Crippen LogP contribution in [0.3, 0.4) is 0 Å². The minimum Gasteiger partial charge on any atom is -0.491 e. The Morgan fingerprint density at radius 2 is 2.34 bits per heavy atom. The maximum Gasteiger partial charge on any atom is 0.306 e. The average Bonchev–Trinajstić information content (AvgIpc) is 3.42. The summed E-state index contributed by atoms with van der Waals surface area (Å²) in [6.45, 7) is 6.82. The fourth-order valence-electron chi connectivity index (χ4n) is 4.75. The lowest BCUT2D eigenvalue weighted by Gasteiger charge is -2.36. The Balaban J connectivity index is 1.79. The van der Waals surface area contributed by atoms with E-state index < -0.39 is 11.6 Å². The standard InChI is InChI=1S/C24H28N4O4/c1-4-7-24(12-20(29)30)23-18(6-10-32-24)21-17(13-25)11-19(16(3)22(21)27-23)31-14-15(2)28-9-5-8-26-28/h5,8-9,11,15,27H,4,6-7,10,12,14H2,1-3H3,(H,29,30)/t15-,24-/m1/s1. The van der Waals surface area contributed by atoms with Gasteiger partial charge in [0.05, 0.1) is 41.9 Å². The number of nitrogens with zero attached hydrogens (tertiary/aromatic N) is 3. The van der Waals surface area contributed by atoms with E-state index in [-0.39, 0.29) is 12.5 Å². The SMILES string of the molecule is CCC[C@]1(CC(=O)O)OCCc2c1[nH]c1c(C)c(OC[C@@H](C)n3cccn3)cc(C#N)c21. The van der Waals surface area contributed by atoms with Crippen LogP contribution in [0.15, 0.2) is 24.5 Å². The molecule has 1 aliphatic heterocycles. The maximum atomic E-state index is 11.7. The molecule has 32 heavy (non-hydrogen) atoms.